The van der Waals surface area contributed by atoms with E-state index < -0.39 is 12.0 Å². The molecule has 0 saturated carbocycles. The number of benzene rings is 2. The Morgan fingerprint density at radius 3 is 2.42 bits per heavy atom. The maximum atomic E-state index is 12.6. The zero-order chi connectivity index (χ0) is 26.2. The summed E-state index contributed by atoms with van der Waals surface area (Å²) in [5, 5.41) is 15.4. The van der Waals surface area contributed by atoms with Gasteiger partial charge in [0.25, 0.3) is 5.91 Å². The number of hydrogen-bond acceptors (Lipinski definition) is 7. The fraction of sp³-hybridized carbons (Fsp3) is 0.292. The van der Waals surface area contributed by atoms with Crippen LogP contribution in [0, 0.1) is 0 Å². The first kappa shape index (κ1) is 27.5. The van der Waals surface area contributed by atoms with E-state index in [1.807, 2.05) is 18.4 Å². The molecule has 0 bridgehead atoms. The van der Waals surface area contributed by atoms with Crippen LogP contribution in [0.25, 0.3) is 0 Å². The van der Waals surface area contributed by atoms with Crippen LogP contribution in [0.15, 0.2) is 47.6 Å². The minimum atomic E-state index is -0.500. The van der Waals surface area contributed by atoms with E-state index >= 15 is 0 Å². The number of amides is 2. The molecule has 0 spiro atoms. The number of esters is 1. The summed E-state index contributed by atoms with van der Waals surface area (Å²) in [4.78, 5) is 37.1. The molecular weight excluding hydrogens is 525 g/mol. The summed E-state index contributed by atoms with van der Waals surface area (Å²) in [5.41, 5.74) is 1.07. The summed E-state index contributed by atoms with van der Waals surface area (Å²) in [5.74, 6) is -0.504. The molecule has 1 aromatic heterocycles. The van der Waals surface area contributed by atoms with Crippen LogP contribution in [0.2, 0.25) is 10.0 Å². The first-order valence-electron chi connectivity index (χ1n) is 11.1. The van der Waals surface area contributed by atoms with Gasteiger partial charge < -0.3 is 19.9 Å². The van der Waals surface area contributed by atoms with Gasteiger partial charge in [-0.25, -0.2) is 4.79 Å². The second-order valence-electron chi connectivity index (χ2n) is 7.54. The lowest BCUT2D eigenvalue weighted by atomic mass is 10.2. The van der Waals surface area contributed by atoms with Gasteiger partial charge in [0.1, 0.15) is 0 Å². The van der Waals surface area contributed by atoms with Gasteiger partial charge in [-0.3, -0.25) is 9.59 Å². The van der Waals surface area contributed by atoms with Crippen LogP contribution in [0.4, 0.5) is 5.69 Å². The molecule has 1 atom stereocenters. The van der Waals surface area contributed by atoms with Crippen molar-refractivity contribution < 1.29 is 19.1 Å². The molecule has 1 heterocycles. The minimum Gasteiger partial charge on any atom is -0.462 e. The molecule has 1 unspecified atom stereocenters. The van der Waals surface area contributed by atoms with Crippen LogP contribution in [-0.2, 0) is 16.1 Å². The van der Waals surface area contributed by atoms with Gasteiger partial charge in [-0.2, -0.15) is 0 Å². The maximum absolute atomic E-state index is 12.6. The maximum Gasteiger partial charge on any atom is 0.338 e. The Labute approximate surface area is 222 Å². The van der Waals surface area contributed by atoms with E-state index in [-0.39, 0.29) is 29.7 Å². The third kappa shape index (κ3) is 6.99. The molecule has 3 rings (SSSR count). The van der Waals surface area contributed by atoms with Gasteiger partial charge in [0, 0.05) is 17.1 Å². The average molecular weight is 550 g/mol. The van der Waals surface area contributed by atoms with Crippen molar-refractivity contribution in [2.75, 3.05) is 17.7 Å². The molecule has 2 aromatic carbocycles. The molecule has 0 aliphatic rings. The number of ether oxygens (including phenoxy) is 1. The monoisotopic (exact) mass is 549 g/mol. The third-order valence-electron chi connectivity index (χ3n) is 4.99. The van der Waals surface area contributed by atoms with E-state index in [0.717, 1.165) is 0 Å². The fourth-order valence-electron chi connectivity index (χ4n) is 3.25. The second-order valence-corrected chi connectivity index (χ2v) is 9.33. The second kappa shape index (κ2) is 12.8. The Balaban J connectivity index is 1.63. The van der Waals surface area contributed by atoms with Crippen LogP contribution in [0.1, 0.15) is 53.4 Å². The predicted octanol–water partition coefficient (Wildman–Crippen LogP) is 5.00. The standard InChI is InChI=1S/C24H25Cl2N5O4S/c1-4-31-21(14(3)27-22(33)15-6-9-17(25)10-7-15)29-30-24(31)36-13-20(32)28-19-12-16(8-11-18(19)26)23(34)35-5-2/h6-12,14H,4-5,13H2,1-3H3,(H,27,33)(H,28,32). The molecule has 0 fully saturated rings. The number of carbonyl (C=O) groups is 3. The molecule has 2 amide bonds. The van der Waals surface area contributed by atoms with Crippen molar-refractivity contribution in [3.63, 3.8) is 0 Å². The van der Waals surface area contributed by atoms with Crippen LogP contribution in [-0.4, -0.2) is 44.9 Å². The van der Waals surface area contributed by atoms with E-state index in [1.165, 1.54) is 30.0 Å². The Hall–Kier alpha value is -3.08. The van der Waals surface area contributed by atoms with E-state index in [1.54, 1.807) is 31.2 Å². The first-order chi connectivity index (χ1) is 17.2. The molecule has 36 heavy (non-hydrogen) atoms. The van der Waals surface area contributed by atoms with Crippen LogP contribution in [0.5, 0.6) is 0 Å². The highest BCUT2D eigenvalue weighted by molar-refractivity contribution is 7.99. The summed E-state index contributed by atoms with van der Waals surface area (Å²) >= 11 is 13.3. The molecule has 0 aliphatic heterocycles. The van der Waals surface area contributed by atoms with Crippen molar-refractivity contribution in [3.8, 4) is 0 Å². The molecule has 2 N–H and O–H groups in total. The highest BCUT2D eigenvalue weighted by Gasteiger charge is 2.20. The topological polar surface area (TPSA) is 115 Å². The number of thioether (sulfide) groups is 1. The van der Waals surface area contributed by atoms with Crippen molar-refractivity contribution in [3.05, 3.63) is 69.5 Å². The largest absolute Gasteiger partial charge is 0.462 e. The SMILES string of the molecule is CCOC(=O)c1ccc(Cl)c(NC(=O)CSc2nnc(C(C)NC(=O)c3ccc(Cl)cc3)n2CC)c1. The van der Waals surface area contributed by atoms with Crippen molar-refractivity contribution >= 4 is 58.4 Å². The Bertz CT molecular complexity index is 1250. The molecule has 0 radical (unpaired) electrons. The summed E-state index contributed by atoms with van der Waals surface area (Å²) in [6.45, 7) is 6.22. The zero-order valence-corrected chi connectivity index (χ0v) is 22.2. The fourth-order valence-corrected chi connectivity index (χ4v) is 4.35. The normalized spacial score (nSPS) is 11.6. The van der Waals surface area contributed by atoms with E-state index in [4.69, 9.17) is 27.9 Å². The molecular formula is C24H25Cl2N5O4S. The van der Waals surface area contributed by atoms with E-state index in [9.17, 15) is 14.4 Å². The first-order valence-corrected chi connectivity index (χ1v) is 12.9. The van der Waals surface area contributed by atoms with Gasteiger partial charge in [-0.05, 0) is 63.2 Å². The number of nitrogens with zero attached hydrogens (tertiary/aromatic N) is 3. The van der Waals surface area contributed by atoms with Crippen LogP contribution >= 0.6 is 35.0 Å². The van der Waals surface area contributed by atoms with Gasteiger partial charge >= 0.3 is 5.97 Å². The van der Waals surface area contributed by atoms with Crippen molar-refractivity contribution in [2.24, 2.45) is 0 Å². The Morgan fingerprint density at radius 2 is 1.75 bits per heavy atom. The van der Waals surface area contributed by atoms with E-state index in [2.05, 4.69) is 20.8 Å². The number of anilines is 1. The lowest BCUT2D eigenvalue weighted by Gasteiger charge is -2.15. The van der Waals surface area contributed by atoms with Gasteiger partial charge in [0.2, 0.25) is 5.91 Å². The highest BCUT2D eigenvalue weighted by Crippen LogP contribution is 2.25. The smallest absolute Gasteiger partial charge is 0.338 e. The molecule has 9 nitrogen and oxygen atoms in total. The van der Waals surface area contributed by atoms with Gasteiger partial charge in [-0.1, -0.05) is 35.0 Å². The van der Waals surface area contributed by atoms with Gasteiger partial charge in [0.15, 0.2) is 11.0 Å². The molecule has 0 aliphatic carbocycles. The van der Waals surface area contributed by atoms with Crippen LogP contribution < -0.4 is 10.6 Å². The number of carbonyl (C=O) groups excluding carboxylic acids is 3. The molecule has 0 saturated heterocycles. The molecule has 3 aromatic rings. The lowest BCUT2D eigenvalue weighted by Crippen LogP contribution is -2.28. The van der Waals surface area contributed by atoms with Crippen molar-refractivity contribution in [1.29, 1.82) is 0 Å². The molecule has 190 valence electrons. The lowest BCUT2D eigenvalue weighted by molar-refractivity contribution is -0.113. The summed E-state index contributed by atoms with van der Waals surface area (Å²) in [6, 6.07) is 10.7. The molecule has 12 heteroatoms. The average Bonchev–Trinajstić information content (AvgIpc) is 3.27. The predicted molar refractivity (Wildman–Crippen MR) is 140 cm³/mol. The Kier molecular flexibility index (Phi) is 9.74. The number of aromatic nitrogens is 3. The quantitative estimate of drug-likeness (QED) is 0.270. The minimum absolute atomic E-state index is 0.0314. The van der Waals surface area contributed by atoms with Crippen molar-refractivity contribution in [2.45, 2.75) is 38.5 Å². The highest BCUT2D eigenvalue weighted by atomic mass is 35.5. The number of hydrogen-bond donors (Lipinski definition) is 2. The number of halogens is 2. The van der Waals surface area contributed by atoms with Gasteiger partial charge in [0.05, 0.1) is 34.7 Å². The van der Waals surface area contributed by atoms with Crippen molar-refractivity contribution in [1.82, 2.24) is 20.1 Å². The number of nitrogens with one attached hydrogen (secondary N) is 2. The third-order valence-corrected chi connectivity index (χ3v) is 6.54. The summed E-state index contributed by atoms with van der Waals surface area (Å²) in [7, 11) is 0. The van der Waals surface area contributed by atoms with E-state index in [0.29, 0.717) is 38.8 Å². The number of rotatable bonds is 10. The zero-order valence-electron chi connectivity index (χ0n) is 19.9. The summed E-state index contributed by atoms with van der Waals surface area (Å²) < 4.78 is 6.82. The van der Waals surface area contributed by atoms with Gasteiger partial charge in [-0.15, -0.1) is 10.2 Å². The Morgan fingerprint density at radius 1 is 1.06 bits per heavy atom. The summed E-state index contributed by atoms with van der Waals surface area (Å²) in [6.07, 6.45) is 0. The van der Waals surface area contributed by atoms with Crippen LogP contribution in [0.3, 0.4) is 0 Å².